The highest BCUT2D eigenvalue weighted by atomic mass is 35.5. The van der Waals surface area contributed by atoms with Crippen molar-refractivity contribution in [1.82, 2.24) is 0 Å². The van der Waals surface area contributed by atoms with E-state index in [4.69, 9.17) is 39.5 Å². The van der Waals surface area contributed by atoms with Crippen LogP contribution in [0.25, 0.3) is 0 Å². The SMILES string of the molecule is O=[N+]([O-])c1cc(Cl)c(Oc2cc(F)cc(CCl)c2)c(Cl)c1. The lowest BCUT2D eigenvalue weighted by Crippen LogP contribution is -1.93. The first-order chi connectivity index (χ1) is 9.90. The molecule has 0 bridgehead atoms. The second-order valence-electron chi connectivity index (χ2n) is 4.03. The number of benzene rings is 2. The Kier molecular flexibility index (Phi) is 4.88. The van der Waals surface area contributed by atoms with E-state index in [0.29, 0.717) is 5.56 Å². The van der Waals surface area contributed by atoms with Crippen molar-refractivity contribution in [1.29, 1.82) is 0 Å². The van der Waals surface area contributed by atoms with E-state index in [1.165, 1.54) is 12.1 Å². The molecule has 2 aromatic rings. The molecule has 0 spiro atoms. The Morgan fingerprint density at radius 2 is 1.76 bits per heavy atom. The molecule has 0 unspecified atom stereocenters. The van der Waals surface area contributed by atoms with Crippen LogP contribution < -0.4 is 4.74 Å². The summed E-state index contributed by atoms with van der Waals surface area (Å²) in [5.74, 6) is -0.272. The molecular weight excluding hydrogens is 344 g/mol. The quantitative estimate of drug-likeness (QED) is 0.411. The van der Waals surface area contributed by atoms with Crippen molar-refractivity contribution in [2.75, 3.05) is 0 Å². The maximum Gasteiger partial charge on any atom is 0.272 e. The lowest BCUT2D eigenvalue weighted by atomic mass is 10.2. The van der Waals surface area contributed by atoms with Crippen molar-refractivity contribution in [3.63, 3.8) is 0 Å². The van der Waals surface area contributed by atoms with E-state index < -0.39 is 10.7 Å². The summed E-state index contributed by atoms with van der Waals surface area (Å²) < 4.78 is 18.8. The van der Waals surface area contributed by atoms with Crippen molar-refractivity contribution in [2.24, 2.45) is 0 Å². The van der Waals surface area contributed by atoms with E-state index in [9.17, 15) is 14.5 Å². The van der Waals surface area contributed by atoms with Crippen molar-refractivity contribution >= 4 is 40.5 Å². The van der Waals surface area contributed by atoms with Gasteiger partial charge in [0, 0.05) is 24.1 Å². The zero-order valence-electron chi connectivity index (χ0n) is 10.3. The van der Waals surface area contributed by atoms with Crippen LogP contribution in [-0.2, 0) is 5.88 Å². The van der Waals surface area contributed by atoms with Gasteiger partial charge < -0.3 is 4.74 Å². The second-order valence-corrected chi connectivity index (χ2v) is 5.11. The summed E-state index contributed by atoms with van der Waals surface area (Å²) in [6, 6.07) is 6.11. The molecule has 0 saturated heterocycles. The third-order valence-electron chi connectivity index (χ3n) is 2.50. The Hall–Kier alpha value is -1.56. The van der Waals surface area contributed by atoms with Gasteiger partial charge in [0.15, 0.2) is 5.75 Å². The Morgan fingerprint density at radius 1 is 1.14 bits per heavy atom. The van der Waals surface area contributed by atoms with Crippen LogP contribution in [0.4, 0.5) is 10.1 Å². The van der Waals surface area contributed by atoms with Gasteiger partial charge in [0.1, 0.15) is 11.6 Å². The smallest absolute Gasteiger partial charge is 0.272 e. The molecular formula is C13H7Cl3FNO3. The van der Waals surface area contributed by atoms with Gasteiger partial charge in [0.25, 0.3) is 5.69 Å². The third-order valence-corrected chi connectivity index (χ3v) is 3.37. The first kappa shape index (κ1) is 15.8. The van der Waals surface area contributed by atoms with Gasteiger partial charge in [-0.25, -0.2) is 4.39 Å². The highest BCUT2D eigenvalue weighted by molar-refractivity contribution is 6.37. The standard InChI is InChI=1S/C13H7Cl3FNO3/c14-6-7-1-8(17)3-10(2-7)21-13-11(15)4-9(18(19)20)5-12(13)16/h1-5H,6H2. The van der Waals surface area contributed by atoms with E-state index >= 15 is 0 Å². The fourth-order valence-corrected chi connectivity index (χ4v) is 2.33. The molecule has 8 heteroatoms. The molecule has 0 saturated carbocycles. The number of halogens is 4. The summed E-state index contributed by atoms with van der Waals surface area (Å²) in [4.78, 5) is 10.1. The van der Waals surface area contributed by atoms with E-state index in [1.807, 2.05) is 0 Å². The van der Waals surface area contributed by atoms with Crippen LogP contribution in [0.5, 0.6) is 11.5 Å². The maximum absolute atomic E-state index is 13.4. The fraction of sp³-hybridized carbons (Fsp3) is 0.0769. The molecule has 2 aromatic carbocycles. The number of alkyl halides is 1. The minimum absolute atomic E-state index is 0.00931. The molecule has 0 aromatic heterocycles. The van der Waals surface area contributed by atoms with E-state index in [0.717, 1.165) is 18.2 Å². The fourth-order valence-electron chi connectivity index (χ4n) is 1.62. The van der Waals surface area contributed by atoms with Gasteiger partial charge in [-0.1, -0.05) is 23.2 Å². The molecule has 0 aliphatic heterocycles. The van der Waals surface area contributed by atoms with Gasteiger partial charge in [-0.2, -0.15) is 0 Å². The molecule has 0 N–H and O–H groups in total. The number of nitrogens with zero attached hydrogens (tertiary/aromatic N) is 1. The summed E-state index contributed by atoms with van der Waals surface area (Å²) in [5.41, 5.74) is 0.249. The van der Waals surface area contributed by atoms with Crippen molar-refractivity contribution in [3.05, 3.63) is 61.9 Å². The highest BCUT2D eigenvalue weighted by Gasteiger charge is 2.17. The Labute approximate surface area is 134 Å². The maximum atomic E-state index is 13.4. The Morgan fingerprint density at radius 3 is 2.29 bits per heavy atom. The first-order valence-corrected chi connectivity index (χ1v) is 6.86. The molecule has 4 nitrogen and oxygen atoms in total. The number of hydrogen-bond donors (Lipinski definition) is 0. The average molecular weight is 351 g/mol. The predicted octanol–water partition coefficient (Wildman–Crippen LogP) is 5.57. The van der Waals surface area contributed by atoms with Gasteiger partial charge in [-0.15, -0.1) is 11.6 Å². The largest absolute Gasteiger partial charge is 0.454 e. The molecule has 0 aliphatic rings. The summed E-state index contributed by atoms with van der Waals surface area (Å²) in [6.45, 7) is 0. The number of ether oxygens (including phenoxy) is 1. The molecule has 0 heterocycles. The molecule has 0 radical (unpaired) electrons. The Balaban J connectivity index is 2.40. The summed E-state index contributed by atoms with van der Waals surface area (Å²) in [5, 5.41) is 10.6. The van der Waals surface area contributed by atoms with Crippen LogP contribution in [0.2, 0.25) is 10.0 Å². The van der Waals surface area contributed by atoms with Gasteiger partial charge >= 0.3 is 0 Å². The van der Waals surface area contributed by atoms with E-state index in [1.54, 1.807) is 0 Å². The zero-order valence-corrected chi connectivity index (χ0v) is 12.5. The average Bonchev–Trinajstić information content (AvgIpc) is 2.41. The van der Waals surface area contributed by atoms with Gasteiger partial charge in [0.2, 0.25) is 0 Å². The first-order valence-electron chi connectivity index (χ1n) is 5.57. The lowest BCUT2D eigenvalue weighted by Gasteiger charge is -2.10. The van der Waals surface area contributed by atoms with Gasteiger partial charge in [-0.05, 0) is 17.7 Å². The number of rotatable bonds is 4. The second kappa shape index (κ2) is 6.47. The van der Waals surface area contributed by atoms with E-state index in [-0.39, 0.29) is 33.1 Å². The van der Waals surface area contributed by atoms with Crippen LogP contribution in [0.15, 0.2) is 30.3 Å². The minimum atomic E-state index is -0.630. The van der Waals surface area contributed by atoms with Crippen molar-refractivity contribution in [2.45, 2.75) is 5.88 Å². The number of nitro benzene ring substituents is 1. The molecule has 0 fully saturated rings. The summed E-state index contributed by atoms with van der Waals surface area (Å²) >= 11 is 17.5. The van der Waals surface area contributed by atoms with Crippen molar-refractivity contribution in [3.8, 4) is 11.5 Å². The van der Waals surface area contributed by atoms with Crippen LogP contribution in [0, 0.1) is 15.9 Å². The van der Waals surface area contributed by atoms with Crippen LogP contribution in [-0.4, -0.2) is 4.92 Å². The predicted molar refractivity (Wildman–Crippen MR) is 79.1 cm³/mol. The van der Waals surface area contributed by atoms with Crippen LogP contribution >= 0.6 is 34.8 Å². The van der Waals surface area contributed by atoms with Gasteiger partial charge in [-0.3, -0.25) is 10.1 Å². The van der Waals surface area contributed by atoms with E-state index in [2.05, 4.69) is 0 Å². The molecule has 110 valence electrons. The Bertz CT molecular complexity index is 686. The third kappa shape index (κ3) is 3.75. The highest BCUT2D eigenvalue weighted by Crippen LogP contribution is 2.39. The molecule has 0 amide bonds. The molecule has 21 heavy (non-hydrogen) atoms. The topological polar surface area (TPSA) is 52.4 Å². The van der Waals surface area contributed by atoms with Crippen molar-refractivity contribution < 1.29 is 14.1 Å². The van der Waals surface area contributed by atoms with Crippen LogP contribution in [0.1, 0.15) is 5.56 Å². The number of hydrogen-bond acceptors (Lipinski definition) is 3. The summed E-state index contributed by atoms with van der Waals surface area (Å²) in [7, 11) is 0. The molecule has 0 atom stereocenters. The number of nitro groups is 1. The minimum Gasteiger partial charge on any atom is -0.454 e. The lowest BCUT2D eigenvalue weighted by molar-refractivity contribution is -0.384. The van der Waals surface area contributed by atoms with Gasteiger partial charge in [0.05, 0.1) is 15.0 Å². The monoisotopic (exact) mass is 349 g/mol. The normalized spacial score (nSPS) is 10.5. The molecule has 0 aliphatic carbocycles. The molecule has 2 rings (SSSR count). The number of non-ortho nitro benzene ring substituents is 1. The summed E-state index contributed by atoms with van der Waals surface area (Å²) in [6.07, 6.45) is 0. The zero-order chi connectivity index (χ0) is 15.6. The van der Waals surface area contributed by atoms with Crippen LogP contribution in [0.3, 0.4) is 0 Å².